The lowest BCUT2D eigenvalue weighted by atomic mass is 10.0. The second-order valence-corrected chi connectivity index (χ2v) is 6.49. The summed E-state index contributed by atoms with van der Waals surface area (Å²) >= 11 is 11.9. The van der Waals surface area contributed by atoms with Gasteiger partial charge in [0.05, 0.1) is 5.02 Å². The number of carbonyl (C=O) groups excluding carboxylic acids is 1. The van der Waals surface area contributed by atoms with Crippen LogP contribution in [0, 0.1) is 6.92 Å². The number of aryl methyl sites for hydroxylation is 1. The molecule has 1 aromatic carbocycles. The molecule has 1 amide bonds. The van der Waals surface area contributed by atoms with Crippen molar-refractivity contribution in [2.24, 2.45) is 0 Å². The minimum absolute atomic E-state index is 0.106. The summed E-state index contributed by atoms with van der Waals surface area (Å²) in [4.78, 5) is 18.6. The van der Waals surface area contributed by atoms with E-state index in [-0.39, 0.29) is 18.6 Å². The Balaban J connectivity index is 1.68. The van der Waals surface area contributed by atoms with E-state index in [9.17, 15) is 4.79 Å². The van der Waals surface area contributed by atoms with Gasteiger partial charge in [-0.2, -0.15) is 4.98 Å². The molecule has 0 aliphatic carbocycles. The molecule has 0 bridgehead atoms. The van der Waals surface area contributed by atoms with Crippen LogP contribution in [-0.2, 0) is 4.79 Å². The van der Waals surface area contributed by atoms with Crippen LogP contribution < -0.4 is 4.74 Å². The standard InChI is InChI=1S/C16H17Cl2N3O3/c1-10-19-16(24-20-10)13-4-2-3-7-21(13)15(22)9-23-14-6-5-11(17)8-12(14)18/h5-6,8,13H,2-4,7,9H2,1H3/t13-/m0/s1. The van der Waals surface area contributed by atoms with Crippen molar-refractivity contribution < 1.29 is 14.1 Å². The average Bonchev–Trinajstić information content (AvgIpc) is 3.00. The number of rotatable bonds is 4. The number of piperidine rings is 1. The summed E-state index contributed by atoms with van der Waals surface area (Å²) in [6, 6.07) is 4.69. The van der Waals surface area contributed by atoms with Gasteiger partial charge < -0.3 is 14.2 Å². The molecular weight excluding hydrogens is 353 g/mol. The Labute approximate surface area is 149 Å². The predicted octanol–water partition coefficient (Wildman–Crippen LogP) is 3.82. The molecule has 128 valence electrons. The minimum Gasteiger partial charge on any atom is -0.482 e. The van der Waals surface area contributed by atoms with E-state index in [4.69, 9.17) is 32.5 Å². The van der Waals surface area contributed by atoms with E-state index >= 15 is 0 Å². The fraction of sp³-hybridized carbons (Fsp3) is 0.438. The third kappa shape index (κ3) is 3.82. The van der Waals surface area contributed by atoms with Crippen LogP contribution in [0.15, 0.2) is 22.7 Å². The fourth-order valence-electron chi connectivity index (χ4n) is 2.75. The van der Waals surface area contributed by atoms with Crippen LogP contribution >= 0.6 is 23.2 Å². The number of likely N-dealkylation sites (tertiary alicyclic amines) is 1. The molecule has 1 atom stereocenters. The van der Waals surface area contributed by atoms with Crippen LogP contribution in [-0.4, -0.2) is 34.1 Å². The molecule has 6 nitrogen and oxygen atoms in total. The van der Waals surface area contributed by atoms with Gasteiger partial charge in [0.25, 0.3) is 5.91 Å². The molecule has 3 rings (SSSR count). The van der Waals surface area contributed by atoms with E-state index in [2.05, 4.69) is 10.1 Å². The summed E-state index contributed by atoms with van der Waals surface area (Å²) in [6.45, 7) is 2.29. The zero-order chi connectivity index (χ0) is 17.1. The van der Waals surface area contributed by atoms with Crippen LogP contribution in [0.3, 0.4) is 0 Å². The summed E-state index contributed by atoms with van der Waals surface area (Å²) in [6.07, 6.45) is 2.76. The molecule has 0 radical (unpaired) electrons. The number of aromatic nitrogens is 2. The van der Waals surface area contributed by atoms with E-state index in [1.807, 2.05) is 0 Å². The number of benzene rings is 1. The molecule has 0 saturated carbocycles. The first-order chi connectivity index (χ1) is 11.5. The van der Waals surface area contributed by atoms with Crippen molar-refractivity contribution in [3.63, 3.8) is 0 Å². The number of nitrogens with zero attached hydrogens (tertiary/aromatic N) is 3. The second-order valence-electron chi connectivity index (χ2n) is 5.64. The molecule has 24 heavy (non-hydrogen) atoms. The highest BCUT2D eigenvalue weighted by Crippen LogP contribution is 2.31. The molecule has 0 spiro atoms. The Morgan fingerprint density at radius 2 is 2.25 bits per heavy atom. The Kier molecular flexibility index (Phi) is 5.26. The first kappa shape index (κ1) is 17.0. The van der Waals surface area contributed by atoms with Gasteiger partial charge in [-0.05, 0) is 44.4 Å². The van der Waals surface area contributed by atoms with Crippen molar-refractivity contribution in [2.75, 3.05) is 13.2 Å². The number of hydrogen-bond donors (Lipinski definition) is 0. The van der Waals surface area contributed by atoms with Gasteiger partial charge in [-0.3, -0.25) is 4.79 Å². The number of carbonyl (C=O) groups is 1. The fourth-order valence-corrected chi connectivity index (χ4v) is 3.21. The zero-order valence-corrected chi connectivity index (χ0v) is 14.7. The van der Waals surface area contributed by atoms with Crippen molar-refractivity contribution >= 4 is 29.1 Å². The van der Waals surface area contributed by atoms with Crippen LogP contribution in [0.1, 0.15) is 37.0 Å². The molecular formula is C16H17Cl2N3O3. The van der Waals surface area contributed by atoms with Gasteiger partial charge in [-0.1, -0.05) is 28.4 Å². The summed E-state index contributed by atoms with van der Waals surface area (Å²) in [5.41, 5.74) is 0. The molecule has 1 aromatic heterocycles. The van der Waals surface area contributed by atoms with Gasteiger partial charge in [-0.25, -0.2) is 0 Å². The number of ether oxygens (including phenoxy) is 1. The molecule has 0 N–H and O–H groups in total. The van der Waals surface area contributed by atoms with E-state index in [1.165, 1.54) is 0 Å². The third-order valence-corrected chi connectivity index (χ3v) is 4.43. The van der Waals surface area contributed by atoms with Crippen LogP contribution in [0.5, 0.6) is 5.75 Å². The molecule has 1 aliphatic rings. The second kappa shape index (κ2) is 7.40. The molecule has 1 fully saturated rings. The van der Waals surface area contributed by atoms with Gasteiger partial charge in [0, 0.05) is 11.6 Å². The minimum atomic E-state index is -0.197. The maximum atomic E-state index is 12.6. The molecule has 1 aliphatic heterocycles. The monoisotopic (exact) mass is 369 g/mol. The van der Waals surface area contributed by atoms with Crippen molar-refractivity contribution in [3.05, 3.63) is 40.0 Å². The van der Waals surface area contributed by atoms with E-state index < -0.39 is 0 Å². The van der Waals surface area contributed by atoms with Crippen molar-refractivity contribution in [1.29, 1.82) is 0 Å². The van der Waals surface area contributed by atoms with E-state index in [0.29, 0.717) is 34.1 Å². The topological polar surface area (TPSA) is 68.5 Å². The van der Waals surface area contributed by atoms with Crippen molar-refractivity contribution in [3.8, 4) is 5.75 Å². The SMILES string of the molecule is Cc1noc([C@@H]2CCCCN2C(=O)COc2ccc(Cl)cc2Cl)n1. The number of amides is 1. The highest BCUT2D eigenvalue weighted by molar-refractivity contribution is 6.35. The summed E-state index contributed by atoms with van der Waals surface area (Å²) < 4.78 is 10.8. The van der Waals surface area contributed by atoms with Gasteiger partial charge in [0.2, 0.25) is 5.89 Å². The lowest BCUT2D eigenvalue weighted by Crippen LogP contribution is -2.41. The van der Waals surface area contributed by atoms with Crippen molar-refractivity contribution in [1.82, 2.24) is 15.0 Å². The lowest BCUT2D eigenvalue weighted by Gasteiger charge is -2.33. The quantitative estimate of drug-likeness (QED) is 0.819. The molecule has 2 heterocycles. The van der Waals surface area contributed by atoms with Crippen LogP contribution in [0.2, 0.25) is 10.0 Å². The Bertz CT molecular complexity index is 735. The first-order valence-corrected chi connectivity index (χ1v) is 8.47. The molecule has 0 unspecified atom stereocenters. The highest BCUT2D eigenvalue weighted by Gasteiger charge is 2.32. The number of hydrogen-bond acceptors (Lipinski definition) is 5. The Hall–Kier alpha value is -1.79. The smallest absolute Gasteiger partial charge is 0.261 e. The first-order valence-electron chi connectivity index (χ1n) is 7.72. The third-order valence-electron chi connectivity index (χ3n) is 3.90. The van der Waals surface area contributed by atoms with Gasteiger partial charge in [0.1, 0.15) is 11.8 Å². The summed E-state index contributed by atoms with van der Waals surface area (Å²) in [7, 11) is 0. The molecule has 2 aromatic rings. The maximum absolute atomic E-state index is 12.6. The van der Waals surface area contributed by atoms with Gasteiger partial charge in [0.15, 0.2) is 12.4 Å². The predicted molar refractivity (Wildman–Crippen MR) is 89.3 cm³/mol. The van der Waals surface area contributed by atoms with E-state index in [1.54, 1.807) is 30.0 Å². The largest absolute Gasteiger partial charge is 0.482 e. The highest BCUT2D eigenvalue weighted by atomic mass is 35.5. The van der Waals surface area contributed by atoms with Crippen LogP contribution in [0.4, 0.5) is 0 Å². The van der Waals surface area contributed by atoms with Gasteiger partial charge in [-0.15, -0.1) is 0 Å². The zero-order valence-electron chi connectivity index (χ0n) is 13.2. The normalized spacial score (nSPS) is 17.8. The number of halogens is 2. The lowest BCUT2D eigenvalue weighted by molar-refractivity contribution is -0.138. The van der Waals surface area contributed by atoms with E-state index in [0.717, 1.165) is 19.3 Å². The molecule has 8 heteroatoms. The van der Waals surface area contributed by atoms with Gasteiger partial charge >= 0.3 is 0 Å². The maximum Gasteiger partial charge on any atom is 0.261 e. The Morgan fingerprint density at radius 1 is 1.42 bits per heavy atom. The van der Waals surface area contributed by atoms with Crippen molar-refractivity contribution in [2.45, 2.75) is 32.2 Å². The van der Waals surface area contributed by atoms with Crippen LogP contribution in [0.25, 0.3) is 0 Å². The average molecular weight is 370 g/mol. The summed E-state index contributed by atoms with van der Waals surface area (Å²) in [5.74, 6) is 1.33. The Morgan fingerprint density at radius 3 is 2.96 bits per heavy atom. The molecule has 1 saturated heterocycles. The summed E-state index contributed by atoms with van der Waals surface area (Å²) in [5, 5.41) is 4.70.